The molecule has 3 rings (SSSR count). The van der Waals surface area contributed by atoms with Gasteiger partial charge in [0, 0.05) is 45.0 Å². The molecule has 1 aromatic carbocycles. The Morgan fingerprint density at radius 3 is 2.21 bits per heavy atom. The van der Waals surface area contributed by atoms with E-state index in [2.05, 4.69) is 61.8 Å². The third kappa shape index (κ3) is 5.51. The summed E-state index contributed by atoms with van der Waals surface area (Å²) in [6.07, 6.45) is 0.857. The number of aliphatic carboxylic acids is 1. The number of carbonyl (C=O) groups is 1. The fourth-order valence-electron chi connectivity index (χ4n) is 3.60. The molecule has 7 nitrogen and oxygen atoms in total. The van der Waals surface area contributed by atoms with E-state index in [9.17, 15) is 4.79 Å². The molecule has 160 valence electrons. The molecule has 0 spiro atoms. The minimum absolute atomic E-state index is 0.213. The fourth-order valence-corrected chi connectivity index (χ4v) is 3.60. The van der Waals surface area contributed by atoms with Crippen LogP contribution >= 0.6 is 0 Å². The number of hydrogen-bond acceptors (Lipinski definition) is 6. The minimum Gasteiger partial charge on any atom is -0.480 e. The Bertz CT molecular complexity index is 671. The summed E-state index contributed by atoms with van der Waals surface area (Å²) in [5, 5.41) is 8.57. The molecule has 0 atom stereocenters. The summed E-state index contributed by atoms with van der Waals surface area (Å²) in [4.78, 5) is 15.2. The maximum Gasteiger partial charge on any atom is 0.494 e. The number of carboxylic acid groups (broad SMARTS) is 1. The van der Waals surface area contributed by atoms with Crippen molar-refractivity contribution in [3.63, 3.8) is 0 Å². The van der Waals surface area contributed by atoms with Crippen LogP contribution in [0.1, 0.15) is 34.1 Å². The number of benzene rings is 1. The molecule has 2 heterocycles. The quantitative estimate of drug-likeness (QED) is 0.521. The molecule has 1 aromatic rings. The second kappa shape index (κ2) is 9.04. The zero-order valence-corrected chi connectivity index (χ0v) is 18.0. The molecule has 0 aliphatic carbocycles. The van der Waals surface area contributed by atoms with Crippen molar-refractivity contribution in [1.82, 2.24) is 4.90 Å². The van der Waals surface area contributed by atoms with Crippen molar-refractivity contribution in [2.24, 2.45) is 0 Å². The summed E-state index contributed by atoms with van der Waals surface area (Å²) in [6.45, 7) is 13.4. The van der Waals surface area contributed by atoms with Gasteiger partial charge >= 0.3 is 13.1 Å². The smallest absolute Gasteiger partial charge is 0.480 e. The molecule has 2 fully saturated rings. The monoisotopic (exact) mass is 404 g/mol. The molecule has 29 heavy (non-hydrogen) atoms. The van der Waals surface area contributed by atoms with E-state index in [1.54, 1.807) is 0 Å². The van der Waals surface area contributed by atoms with Crippen molar-refractivity contribution in [1.29, 1.82) is 0 Å². The van der Waals surface area contributed by atoms with Gasteiger partial charge in [0.1, 0.15) is 6.61 Å². The van der Waals surface area contributed by atoms with Gasteiger partial charge in [0.25, 0.3) is 0 Å². The standard InChI is InChI=1S/C21H33BN2O5/c1-20(2)21(3,4)29-22(28-20)17-6-8-18(9-7-17)24-13-11-23(12-14-24)10-5-15-27-16-19(25)26/h6-9H,5,10-16H2,1-4H3,(H,25,26). The van der Waals surface area contributed by atoms with Crippen LogP contribution in [-0.2, 0) is 18.8 Å². The van der Waals surface area contributed by atoms with E-state index in [4.69, 9.17) is 19.2 Å². The molecule has 2 aliphatic heterocycles. The first-order valence-electron chi connectivity index (χ1n) is 10.4. The predicted octanol–water partition coefficient (Wildman–Crippen LogP) is 1.60. The summed E-state index contributed by atoms with van der Waals surface area (Å²) in [7, 11) is -0.325. The molecular formula is C21H33BN2O5. The lowest BCUT2D eigenvalue weighted by Gasteiger charge is -2.36. The van der Waals surface area contributed by atoms with E-state index in [-0.39, 0.29) is 24.9 Å². The molecule has 0 bridgehead atoms. The third-order valence-corrected chi connectivity index (χ3v) is 6.14. The van der Waals surface area contributed by atoms with Gasteiger partial charge in [-0.1, -0.05) is 12.1 Å². The maximum absolute atomic E-state index is 10.4. The van der Waals surface area contributed by atoms with Crippen LogP contribution < -0.4 is 10.4 Å². The Hall–Kier alpha value is -1.61. The Morgan fingerprint density at radius 1 is 1.07 bits per heavy atom. The first-order chi connectivity index (χ1) is 13.7. The second-order valence-corrected chi connectivity index (χ2v) is 8.81. The average molecular weight is 404 g/mol. The van der Waals surface area contributed by atoms with E-state index in [1.165, 1.54) is 5.69 Å². The molecule has 8 heteroatoms. The maximum atomic E-state index is 10.4. The van der Waals surface area contributed by atoms with Crippen LogP contribution in [0.4, 0.5) is 5.69 Å². The average Bonchev–Trinajstić information content (AvgIpc) is 2.89. The summed E-state index contributed by atoms with van der Waals surface area (Å²) in [5.41, 5.74) is 1.61. The molecule has 2 saturated heterocycles. The summed E-state index contributed by atoms with van der Waals surface area (Å²) in [5.74, 6) is -0.914. The number of hydrogen-bond donors (Lipinski definition) is 1. The van der Waals surface area contributed by atoms with Crippen LogP contribution in [0.2, 0.25) is 0 Å². The highest BCUT2D eigenvalue weighted by Gasteiger charge is 2.51. The lowest BCUT2D eigenvalue weighted by Crippen LogP contribution is -2.47. The van der Waals surface area contributed by atoms with Crippen molar-refractivity contribution in [3.05, 3.63) is 24.3 Å². The number of ether oxygens (including phenoxy) is 1. The van der Waals surface area contributed by atoms with Crippen molar-refractivity contribution < 1.29 is 23.9 Å². The fraction of sp³-hybridized carbons (Fsp3) is 0.667. The molecule has 0 radical (unpaired) electrons. The highest BCUT2D eigenvalue weighted by molar-refractivity contribution is 6.62. The van der Waals surface area contributed by atoms with Gasteiger partial charge in [-0.2, -0.15) is 0 Å². The van der Waals surface area contributed by atoms with Gasteiger partial charge in [0.05, 0.1) is 11.2 Å². The Balaban J connectivity index is 1.44. The Labute approximate surface area is 174 Å². The highest BCUT2D eigenvalue weighted by Crippen LogP contribution is 2.36. The SMILES string of the molecule is CC1(C)OB(c2ccc(N3CCN(CCCOCC(=O)O)CC3)cc2)OC1(C)C. The molecule has 0 unspecified atom stereocenters. The summed E-state index contributed by atoms with van der Waals surface area (Å²) in [6, 6.07) is 8.50. The van der Waals surface area contributed by atoms with E-state index in [0.717, 1.165) is 44.6 Å². The van der Waals surface area contributed by atoms with Gasteiger partial charge in [-0.25, -0.2) is 4.79 Å². The van der Waals surface area contributed by atoms with Gasteiger partial charge in [-0.15, -0.1) is 0 Å². The van der Waals surface area contributed by atoms with Gasteiger partial charge in [-0.05, 0) is 51.7 Å². The minimum atomic E-state index is -0.914. The molecule has 2 aliphatic rings. The molecule has 0 amide bonds. The Morgan fingerprint density at radius 2 is 1.66 bits per heavy atom. The van der Waals surface area contributed by atoms with Crippen LogP contribution in [-0.4, -0.2) is 80.2 Å². The number of rotatable bonds is 8. The first-order valence-corrected chi connectivity index (χ1v) is 10.4. The van der Waals surface area contributed by atoms with Crippen molar-refractivity contribution in [2.75, 3.05) is 50.8 Å². The highest BCUT2D eigenvalue weighted by atomic mass is 16.7. The van der Waals surface area contributed by atoms with E-state index in [0.29, 0.717) is 6.61 Å². The van der Waals surface area contributed by atoms with Gasteiger partial charge < -0.3 is 24.1 Å². The topological polar surface area (TPSA) is 71.5 Å². The van der Waals surface area contributed by atoms with Gasteiger partial charge in [-0.3, -0.25) is 4.90 Å². The van der Waals surface area contributed by atoms with Crippen LogP contribution in [0, 0.1) is 0 Å². The van der Waals surface area contributed by atoms with Crippen molar-refractivity contribution in [3.8, 4) is 0 Å². The molecule has 1 N–H and O–H groups in total. The van der Waals surface area contributed by atoms with E-state index < -0.39 is 5.97 Å². The molecular weight excluding hydrogens is 371 g/mol. The lowest BCUT2D eigenvalue weighted by atomic mass is 9.79. The zero-order chi connectivity index (χ0) is 21.1. The molecule has 0 aromatic heterocycles. The zero-order valence-electron chi connectivity index (χ0n) is 18.0. The van der Waals surface area contributed by atoms with Crippen LogP contribution in [0.15, 0.2) is 24.3 Å². The van der Waals surface area contributed by atoms with E-state index in [1.807, 2.05) is 0 Å². The van der Waals surface area contributed by atoms with Crippen LogP contribution in [0.5, 0.6) is 0 Å². The van der Waals surface area contributed by atoms with Crippen molar-refractivity contribution in [2.45, 2.75) is 45.3 Å². The lowest BCUT2D eigenvalue weighted by molar-refractivity contribution is -0.142. The van der Waals surface area contributed by atoms with Crippen LogP contribution in [0.3, 0.4) is 0 Å². The van der Waals surface area contributed by atoms with Gasteiger partial charge in [0.2, 0.25) is 0 Å². The largest absolute Gasteiger partial charge is 0.494 e. The predicted molar refractivity (Wildman–Crippen MR) is 114 cm³/mol. The number of piperazine rings is 1. The molecule has 0 saturated carbocycles. The third-order valence-electron chi connectivity index (χ3n) is 6.14. The normalized spacial score (nSPS) is 21.5. The first kappa shape index (κ1) is 22.1. The van der Waals surface area contributed by atoms with Crippen molar-refractivity contribution >= 4 is 24.2 Å². The van der Waals surface area contributed by atoms with E-state index >= 15 is 0 Å². The van der Waals surface area contributed by atoms with Crippen LogP contribution in [0.25, 0.3) is 0 Å². The number of anilines is 1. The Kier molecular flexibility index (Phi) is 6.89. The summed E-state index contributed by atoms with van der Waals surface area (Å²) < 4.78 is 17.4. The van der Waals surface area contributed by atoms with Gasteiger partial charge in [0.15, 0.2) is 0 Å². The number of carboxylic acids is 1. The summed E-state index contributed by atoms with van der Waals surface area (Å²) >= 11 is 0. The number of nitrogens with zero attached hydrogens (tertiary/aromatic N) is 2. The second-order valence-electron chi connectivity index (χ2n) is 8.81.